The van der Waals surface area contributed by atoms with Crippen molar-refractivity contribution in [3.63, 3.8) is 0 Å². The van der Waals surface area contributed by atoms with Crippen molar-refractivity contribution in [3.05, 3.63) is 59.9 Å². The van der Waals surface area contributed by atoms with E-state index in [9.17, 15) is 18.0 Å². The predicted octanol–water partition coefficient (Wildman–Crippen LogP) is 4.71. The number of aromatic nitrogens is 3. The molecular weight excluding hydrogens is 445 g/mol. The molecule has 0 saturated heterocycles. The van der Waals surface area contributed by atoms with Crippen molar-refractivity contribution < 1.29 is 27.4 Å². The van der Waals surface area contributed by atoms with Crippen LogP contribution < -0.4 is 14.8 Å². The lowest BCUT2D eigenvalue weighted by molar-refractivity contribution is -0.137. The summed E-state index contributed by atoms with van der Waals surface area (Å²) in [6.45, 7) is 1.82. The summed E-state index contributed by atoms with van der Waals surface area (Å²) in [6, 6.07) is 11.6. The Balaban J connectivity index is 1.59. The molecule has 0 radical (unpaired) electrons. The van der Waals surface area contributed by atoms with E-state index in [1.807, 2.05) is 13.0 Å². The first-order valence-electron chi connectivity index (χ1n) is 9.47. The maximum absolute atomic E-state index is 12.8. The first-order valence-corrected chi connectivity index (χ1v) is 10.5. The minimum atomic E-state index is -4.48. The van der Waals surface area contributed by atoms with Crippen LogP contribution in [0.15, 0.2) is 53.7 Å². The highest BCUT2D eigenvalue weighted by molar-refractivity contribution is 7.99. The minimum absolute atomic E-state index is 0.0483. The number of thioether (sulfide) groups is 1. The van der Waals surface area contributed by atoms with Crippen molar-refractivity contribution in [1.29, 1.82) is 0 Å². The number of anilines is 1. The molecule has 1 N–H and O–H groups in total. The largest absolute Gasteiger partial charge is 0.497 e. The molecule has 2 aromatic carbocycles. The summed E-state index contributed by atoms with van der Waals surface area (Å²) in [5.41, 5.74) is -0.754. The predicted molar refractivity (Wildman–Crippen MR) is 114 cm³/mol. The molecule has 1 unspecified atom stereocenters. The molecule has 0 spiro atoms. The summed E-state index contributed by atoms with van der Waals surface area (Å²) in [4.78, 5) is 12.2. The Morgan fingerprint density at radius 1 is 1.16 bits per heavy atom. The first-order chi connectivity index (χ1) is 15.2. The molecule has 0 fully saturated rings. The van der Waals surface area contributed by atoms with Crippen LogP contribution in [0.4, 0.5) is 18.9 Å². The zero-order valence-corrected chi connectivity index (χ0v) is 18.3. The summed E-state index contributed by atoms with van der Waals surface area (Å²) in [7, 11) is 3.31. The molecule has 0 aliphatic rings. The summed E-state index contributed by atoms with van der Waals surface area (Å²) >= 11 is 1.11. The fourth-order valence-electron chi connectivity index (χ4n) is 2.84. The third-order valence-corrected chi connectivity index (χ3v) is 5.41. The van der Waals surface area contributed by atoms with Gasteiger partial charge >= 0.3 is 6.18 Å². The summed E-state index contributed by atoms with van der Waals surface area (Å²) < 4.78 is 51.2. The molecule has 1 heterocycles. The van der Waals surface area contributed by atoms with Crippen molar-refractivity contribution in [2.75, 3.05) is 18.2 Å². The van der Waals surface area contributed by atoms with Gasteiger partial charge in [-0.3, -0.25) is 4.79 Å². The molecule has 0 bridgehead atoms. The Morgan fingerprint density at radius 2 is 1.88 bits per heavy atom. The topological polar surface area (TPSA) is 78.3 Å². The number of methoxy groups -OCH3 is 1. The van der Waals surface area contributed by atoms with Gasteiger partial charge in [0.05, 0.1) is 18.4 Å². The lowest BCUT2D eigenvalue weighted by Crippen LogP contribution is -2.15. The minimum Gasteiger partial charge on any atom is -0.497 e. The van der Waals surface area contributed by atoms with Gasteiger partial charge in [0.15, 0.2) is 17.1 Å². The highest BCUT2D eigenvalue weighted by Gasteiger charge is 2.30. The normalized spacial score (nSPS) is 12.3. The Labute approximate surface area is 186 Å². The number of nitrogens with zero attached hydrogens (tertiary/aromatic N) is 3. The molecule has 11 heteroatoms. The molecule has 0 saturated carbocycles. The van der Waals surface area contributed by atoms with Gasteiger partial charge in [0.2, 0.25) is 5.91 Å². The highest BCUT2D eigenvalue weighted by atomic mass is 32.2. The SMILES string of the molecule is COc1cccc(OC(C)c2nnc(SCC(=O)Nc3cccc(C(F)(F)F)c3)n2C)c1. The van der Waals surface area contributed by atoms with Gasteiger partial charge in [-0.15, -0.1) is 10.2 Å². The van der Waals surface area contributed by atoms with Crippen LogP contribution in [0.3, 0.4) is 0 Å². The van der Waals surface area contributed by atoms with E-state index in [-0.39, 0.29) is 11.4 Å². The Hall–Kier alpha value is -3.21. The second kappa shape index (κ2) is 9.94. The van der Waals surface area contributed by atoms with Gasteiger partial charge in [-0.2, -0.15) is 13.2 Å². The highest BCUT2D eigenvalue weighted by Crippen LogP contribution is 2.31. The zero-order chi connectivity index (χ0) is 23.3. The number of halogens is 3. The average molecular weight is 466 g/mol. The molecule has 0 aliphatic heterocycles. The van der Waals surface area contributed by atoms with E-state index in [0.717, 1.165) is 23.9 Å². The molecule has 7 nitrogen and oxygen atoms in total. The van der Waals surface area contributed by atoms with Crippen LogP contribution in [0.2, 0.25) is 0 Å². The first kappa shape index (κ1) is 23.5. The second-order valence-electron chi connectivity index (χ2n) is 6.75. The Kier molecular flexibility index (Phi) is 7.29. The van der Waals surface area contributed by atoms with Crippen LogP contribution in [0.1, 0.15) is 24.4 Å². The molecule has 1 aromatic heterocycles. The summed E-state index contributed by atoms with van der Waals surface area (Å²) in [5, 5.41) is 11.2. The lowest BCUT2D eigenvalue weighted by Gasteiger charge is -2.14. The molecule has 3 aromatic rings. The molecule has 32 heavy (non-hydrogen) atoms. The summed E-state index contributed by atoms with van der Waals surface area (Å²) in [6.07, 6.45) is -4.90. The van der Waals surface area contributed by atoms with Gasteiger partial charge in [0.25, 0.3) is 0 Å². The van der Waals surface area contributed by atoms with Gasteiger partial charge in [-0.1, -0.05) is 23.9 Å². The van der Waals surface area contributed by atoms with Crippen molar-refractivity contribution in [3.8, 4) is 11.5 Å². The summed E-state index contributed by atoms with van der Waals surface area (Å²) in [5.74, 6) is 1.31. The van der Waals surface area contributed by atoms with Crippen molar-refractivity contribution >= 4 is 23.4 Å². The van der Waals surface area contributed by atoms with E-state index >= 15 is 0 Å². The van der Waals surface area contributed by atoms with Gasteiger partial charge in [-0.05, 0) is 37.3 Å². The van der Waals surface area contributed by atoms with Crippen molar-refractivity contribution in [1.82, 2.24) is 14.8 Å². The smallest absolute Gasteiger partial charge is 0.416 e. The van der Waals surface area contributed by atoms with Crippen LogP contribution in [0.5, 0.6) is 11.5 Å². The van der Waals surface area contributed by atoms with Gasteiger partial charge in [0, 0.05) is 18.8 Å². The number of carbonyl (C=O) groups excluding carboxylic acids is 1. The molecule has 170 valence electrons. The van der Waals surface area contributed by atoms with Gasteiger partial charge in [0.1, 0.15) is 11.5 Å². The monoisotopic (exact) mass is 466 g/mol. The van der Waals surface area contributed by atoms with Crippen molar-refractivity contribution in [2.45, 2.75) is 24.4 Å². The number of rotatable bonds is 8. The van der Waals surface area contributed by atoms with Crippen LogP contribution in [-0.4, -0.2) is 33.5 Å². The number of benzene rings is 2. The van der Waals surface area contributed by atoms with Crippen LogP contribution in [-0.2, 0) is 18.0 Å². The van der Waals surface area contributed by atoms with E-state index in [0.29, 0.717) is 22.5 Å². The van der Waals surface area contributed by atoms with Crippen LogP contribution in [0.25, 0.3) is 0 Å². The lowest BCUT2D eigenvalue weighted by atomic mass is 10.2. The van der Waals surface area contributed by atoms with E-state index in [2.05, 4.69) is 15.5 Å². The van der Waals surface area contributed by atoms with E-state index in [4.69, 9.17) is 9.47 Å². The third-order valence-electron chi connectivity index (χ3n) is 4.39. The number of nitrogens with one attached hydrogen (secondary N) is 1. The fourth-order valence-corrected chi connectivity index (χ4v) is 3.56. The number of amides is 1. The van der Waals surface area contributed by atoms with Crippen molar-refractivity contribution in [2.24, 2.45) is 7.05 Å². The second-order valence-corrected chi connectivity index (χ2v) is 7.70. The number of alkyl halides is 3. The molecular formula is C21H21F3N4O3S. The molecule has 1 atom stereocenters. The molecule has 3 rings (SSSR count). The number of hydrogen-bond donors (Lipinski definition) is 1. The average Bonchev–Trinajstić information content (AvgIpc) is 3.12. The van der Waals surface area contributed by atoms with E-state index < -0.39 is 23.8 Å². The Bertz CT molecular complexity index is 1090. The van der Waals surface area contributed by atoms with Crippen LogP contribution in [0, 0.1) is 0 Å². The van der Waals surface area contributed by atoms with Gasteiger partial charge < -0.3 is 19.4 Å². The molecule has 0 aliphatic carbocycles. The maximum Gasteiger partial charge on any atom is 0.416 e. The Morgan fingerprint density at radius 3 is 2.59 bits per heavy atom. The van der Waals surface area contributed by atoms with Gasteiger partial charge in [-0.25, -0.2) is 0 Å². The fraction of sp³-hybridized carbons (Fsp3) is 0.286. The van der Waals surface area contributed by atoms with Crippen LogP contribution >= 0.6 is 11.8 Å². The van der Waals surface area contributed by atoms with E-state index in [1.54, 1.807) is 36.9 Å². The quantitative estimate of drug-likeness (QED) is 0.485. The number of carbonyl (C=O) groups is 1. The number of ether oxygens (including phenoxy) is 2. The number of hydrogen-bond acceptors (Lipinski definition) is 6. The zero-order valence-electron chi connectivity index (χ0n) is 17.5. The third kappa shape index (κ3) is 5.94. The molecule has 1 amide bonds. The standard InChI is InChI=1S/C21H21F3N4O3S/c1-13(31-17-9-5-8-16(11-17)30-3)19-26-27-20(28(19)2)32-12-18(29)25-15-7-4-6-14(10-15)21(22,23)24/h4-11,13H,12H2,1-3H3,(H,25,29). The van der Waals surface area contributed by atoms with E-state index in [1.165, 1.54) is 12.1 Å². The maximum atomic E-state index is 12.8.